The summed E-state index contributed by atoms with van der Waals surface area (Å²) < 4.78 is 0. The first-order chi connectivity index (χ1) is 13.3. The van der Waals surface area contributed by atoms with Crippen molar-refractivity contribution >= 4 is 23.4 Å². The smallest absolute Gasteiger partial charge is 0.231 e. The molecular weight excluding hydrogens is 338 g/mol. The number of nitrogens with zero attached hydrogens (tertiary/aromatic N) is 7. The molecule has 4 rings (SSSR count). The zero-order valence-corrected chi connectivity index (χ0v) is 15.4. The summed E-state index contributed by atoms with van der Waals surface area (Å²) in [5, 5.41) is 0. The molecule has 0 spiro atoms. The number of anilines is 4. The lowest BCUT2D eigenvalue weighted by Crippen LogP contribution is -2.47. The van der Waals surface area contributed by atoms with E-state index in [2.05, 4.69) is 48.7 Å². The second-order valence-electron chi connectivity index (χ2n) is 6.32. The number of rotatable bonds is 5. The van der Waals surface area contributed by atoms with E-state index in [9.17, 15) is 0 Å². The standard InChI is InChI=1S/C20H23N7/c1-2-27(17-7-4-3-5-8-17)20-23-12-9-18(24-20)25-13-15-26(16-14-25)19-21-10-6-11-22-19/h3-12H,2,13-16H2,1H3. The molecule has 0 N–H and O–H groups in total. The Labute approximate surface area is 159 Å². The van der Waals surface area contributed by atoms with Gasteiger partial charge >= 0.3 is 0 Å². The van der Waals surface area contributed by atoms with Crippen molar-refractivity contribution in [2.45, 2.75) is 6.92 Å². The molecule has 0 radical (unpaired) electrons. The Morgan fingerprint density at radius 1 is 0.815 bits per heavy atom. The van der Waals surface area contributed by atoms with Crippen molar-refractivity contribution in [3.63, 3.8) is 0 Å². The molecule has 3 heterocycles. The summed E-state index contributed by atoms with van der Waals surface area (Å²) >= 11 is 0. The Morgan fingerprint density at radius 3 is 2.22 bits per heavy atom. The van der Waals surface area contributed by atoms with E-state index in [0.29, 0.717) is 0 Å². The monoisotopic (exact) mass is 361 g/mol. The third-order valence-corrected chi connectivity index (χ3v) is 4.69. The third kappa shape index (κ3) is 3.81. The van der Waals surface area contributed by atoms with Gasteiger partial charge in [-0.15, -0.1) is 0 Å². The summed E-state index contributed by atoms with van der Waals surface area (Å²) in [6.07, 6.45) is 5.42. The Bertz CT molecular complexity index is 848. The van der Waals surface area contributed by atoms with Gasteiger partial charge in [-0.3, -0.25) is 0 Å². The molecule has 7 nitrogen and oxygen atoms in total. The van der Waals surface area contributed by atoms with E-state index in [-0.39, 0.29) is 0 Å². The average Bonchev–Trinajstić information content (AvgIpc) is 2.76. The maximum atomic E-state index is 4.83. The highest BCUT2D eigenvalue weighted by atomic mass is 15.3. The van der Waals surface area contributed by atoms with Crippen LogP contribution < -0.4 is 14.7 Å². The Morgan fingerprint density at radius 2 is 1.52 bits per heavy atom. The van der Waals surface area contributed by atoms with Crippen molar-refractivity contribution in [3.05, 3.63) is 61.1 Å². The first kappa shape index (κ1) is 17.2. The van der Waals surface area contributed by atoms with E-state index in [1.54, 1.807) is 12.4 Å². The van der Waals surface area contributed by atoms with E-state index in [0.717, 1.165) is 56.1 Å². The van der Waals surface area contributed by atoms with Crippen LogP contribution in [-0.4, -0.2) is 52.7 Å². The third-order valence-electron chi connectivity index (χ3n) is 4.69. The van der Waals surface area contributed by atoms with Crippen LogP contribution in [0.15, 0.2) is 61.1 Å². The summed E-state index contributed by atoms with van der Waals surface area (Å²) in [7, 11) is 0. The molecule has 0 aliphatic carbocycles. The van der Waals surface area contributed by atoms with E-state index < -0.39 is 0 Å². The highest BCUT2D eigenvalue weighted by molar-refractivity contribution is 5.58. The Balaban J connectivity index is 1.48. The van der Waals surface area contributed by atoms with Crippen molar-refractivity contribution in [2.75, 3.05) is 47.4 Å². The molecule has 1 fully saturated rings. The number of benzene rings is 1. The van der Waals surface area contributed by atoms with Gasteiger partial charge in [0, 0.05) is 57.0 Å². The quantitative estimate of drug-likeness (QED) is 0.692. The van der Waals surface area contributed by atoms with Gasteiger partial charge in [0.1, 0.15) is 5.82 Å². The summed E-state index contributed by atoms with van der Waals surface area (Å²) in [4.78, 5) is 24.7. The van der Waals surface area contributed by atoms with Crippen molar-refractivity contribution < 1.29 is 0 Å². The first-order valence-electron chi connectivity index (χ1n) is 9.27. The fourth-order valence-electron chi connectivity index (χ4n) is 3.28. The van der Waals surface area contributed by atoms with Gasteiger partial charge in [0.25, 0.3) is 0 Å². The minimum atomic E-state index is 0.732. The summed E-state index contributed by atoms with van der Waals surface area (Å²) in [5.74, 6) is 2.49. The minimum Gasteiger partial charge on any atom is -0.353 e. The van der Waals surface area contributed by atoms with Crippen LogP contribution in [0.5, 0.6) is 0 Å². The van der Waals surface area contributed by atoms with Gasteiger partial charge in [-0.1, -0.05) is 18.2 Å². The molecule has 1 aromatic carbocycles. The van der Waals surface area contributed by atoms with Gasteiger partial charge in [0.15, 0.2) is 0 Å². The number of para-hydroxylation sites is 1. The van der Waals surface area contributed by atoms with Gasteiger partial charge in [0.2, 0.25) is 11.9 Å². The van der Waals surface area contributed by atoms with Crippen LogP contribution in [0.3, 0.4) is 0 Å². The topological polar surface area (TPSA) is 61.3 Å². The van der Waals surface area contributed by atoms with Gasteiger partial charge < -0.3 is 14.7 Å². The molecule has 138 valence electrons. The van der Waals surface area contributed by atoms with Gasteiger partial charge in [0.05, 0.1) is 0 Å². The predicted octanol–water partition coefficient (Wildman–Crippen LogP) is 2.75. The summed E-state index contributed by atoms with van der Waals surface area (Å²) in [6.45, 7) is 6.44. The molecule has 27 heavy (non-hydrogen) atoms. The highest BCUT2D eigenvalue weighted by Crippen LogP contribution is 2.24. The second kappa shape index (κ2) is 7.99. The molecule has 1 aliphatic rings. The predicted molar refractivity (Wildman–Crippen MR) is 108 cm³/mol. The van der Waals surface area contributed by atoms with Crippen molar-refractivity contribution in [1.29, 1.82) is 0 Å². The molecule has 1 saturated heterocycles. The van der Waals surface area contributed by atoms with Gasteiger partial charge in [-0.25, -0.2) is 15.0 Å². The first-order valence-corrected chi connectivity index (χ1v) is 9.27. The number of hydrogen-bond acceptors (Lipinski definition) is 7. The zero-order valence-electron chi connectivity index (χ0n) is 15.4. The largest absolute Gasteiger partial charge is 0.353 e. The minimum absolute atomic E-state index is 0.732. The molecule has 0 bridgehead atoms. The maximum Gasteiger partial charge on any atom is 0.231 e. The second-order valence-corrected chi connectivity index (χ2v) is 6.32. The molecule has 2 aromatic heterocycles. The SMILES string of the molecule is CCN(c1ccccc1)c1nccc(N2CCN(c3ncccn3)CC2)n1. The van der Waals surface area contributed by atoms with Crippen LogP contribution in [0, 0.1) is 0 Å². The van der Waals surface area contributed by atoms with Gasteiger partial charge in [-0.2, -0.15) is 4.98 Å². The number of aromatic nitrogens is 4. The molecular formula is C20H23N7. The van der Waals surface area contributed by atoms with Crippen LogP contribution in [-0.2, 0) is 0 Å². The zero-order chi connectivity index (χ0) is 18.5. The lowest BCUT2D eigenvalue weighted by molar-refractivity contribution is 0.633. The normalized spacial score (nSPS) is 14.3. The fraction of sp³-hybridized carbons (Fsp3) is 0.300. The average molecular weight is 361 g/mol. The van der Waals surface area contributed by atoms with Crippen LogP contribution in [0.2, 0.25) is 0 Å². The molecule has 0 amide bonds. The fourth-order valence-corrected chi connectivity index (χ4v) is 3.28. The molecule has 1 aliphatic heterocycles. The van der Waals surface area contributed by atoms with E-state index >= 15 is 0 Å². The van der Waals surface area contributed by atoms with Crippen LogP contribution in [0.1, 0.15) is 6.92 Å². The van der Waals surface area contributed by atoms with Crippen molar-refractivity contribution in [1.82, 2.24) is 19.9 Å². The van der Waals surface area contributed by atoms with Crippen LogP contribution in [0.25, 0.3) is 0 Å². The lowest BCUT2D eigenvalue weighted by Gasteiger charge is -2.35. The Kier molecular flexibility index (Phi) is 5.09. The van der Waals surface area contributed by atoms with E-state index in [4.69, 9.17) is 4.98 Å². The highest BCUT2D eigenvalue weighted by Gasteiger charge is 2.21. The molecule has 0 atom stereocenters. The van der Waals surface area contributed by atoms with E-state index in [1.165, 1.54) is 0 Å². The maximum absolute atomic E-state index is 4.83. The molecule has 0 unspecified atom stereocenters. The molecule has 0 saturated carbocycles. The van der Waals surface area contributed by atoms with Crippen molar-refractivity contribution in [2.24, 2.45) is 0 Å². The Hall–Kier alpha value is -3.22. The van der Waals surface area contributed by atoms with Gasteiger partial charge in [-0.05, 0) is 31.2 Å². The van der Waals surface area contributed by atoms with Crippen molar-refractivity contribution in [3.8, 4) is 0 Å². The number of piperazine rings is 1. The van der Waals surface area contributed by atoms with Crippen LogP contribution in [0.4, 0.5) is 23.4 Å². The summed E-state index contributed by atoms with van der Waals surface area (Å²) in [5.41, 5.74) is 1.10. The number of hydrogen-bond donors (Lipinski definition) is 0. The summed E-state index contributed by atoms with van der Waals surface area (Å²) in [6, 6.07) is 14.1. The molecule has 3 aromatic rings. The lowest BCUT2D eigenvalue weighted by atomic mass is 10.3. The van der Waals surface area contributed by atoms with E-state index in [1.807, 2.05) is 36.5 Å². The molecule has 7 heteroatoms. The van der Waals surface area contributed by atoms with Crippen LogP contribution >= 0.6 is 0 Å².